The van der Waals surface area contributed by atoms with E-state index in [9.17, 15) is 0 Å². The highest BCUT2D eigenvalue weighted by Crippen LogP contribution is 2.30. The molecule has 0 amide bonds. The normalized spacial score (nSPS) is 13.2. The topological polar surface area (TPSA) is 40.2 Å². The Morgan fingerprint density at radius 2 is 2.06 bits per heavy atom. The van der Waals surface area contributed by atoms with Gasteiger partial charge < -0.3 is 9.40 Å². The summed E-state index contributed by atoms with van der Waals surface area (Å²) in [6.07, 6.45) is 0. The van der Waals surface area contributed by atoms with Gasteiger partial charge in [-0.05, 0) is 18.6 Å². The quantitative estimate of drug-likeness (QED) is 0.804. The van der Waals surface area contributed by atoms with Gasteiger partial charge in [-0.1, -0.05) is 25.1 Å². The molecule has 2 aromatic rings. The molecule has 0 bridgehead atoms. The summed E-state index contributed by atoms with van der Waals surface area (Å²) in [6, 6.07) is 8.43. The third-order valence-corrected chi connectivity index (χ3v) is 3.29. The first-order valence-corrected chi connectivity index (χ1v) is 5.52. The predicted molar refractivity (Wildman–Crippen MR) is 66.2 cm³/mol. The van der Waals surface area contributed by atoms with Gasteiger partial charge in [0.15, 0.2) is 0 Å². The standard InChI is InChI=1S/C13H18N2O/c1-9(8-16-14)13-10(2)15(3)12-7-5-4-6-11(12)13/h4-7,9H,8,14H2,1-3H3. The van der Waals surface area contributed by atoms with Gasteiger partial charge >= 0.3 is 0 Å². The van der Waals surface area contributed by atoms with E-state index in [1.54, 1.807) is 0 Å². The molecule has 1 aromatic heterocycles. The molecule has 3 heteroatoms. The molecular weight excluding hydrogens is 200 g/mol. The Balaban J connectivity index is 2.64. The van der Waals surface area contributed by atoms with Gasteiger partial charge in [-0.3, -0.25) is 0 Å². The Bertz CT molecular complexity index is 502. The van der Waals surface area contributed by atoms with Crippen molar-refractivity contribution in [3.8, 4) is 0 Å². The van der Waals surface area contributed by atoms with Crippen molar-refractivity contribution >= 4 is 10.9 Å². The Labute approximate surface area is 95.8 Å². The van der Waals surface area contributed by atoms with Crippen LogP contribution in [0.2, 0.25) is 0 Å². The van der Waals surface area contributed by atoms with Gasteiger partial charge in [-0.25, -0.2) is 5.90 Å². The number of rotatable bonds is 3. The minimum absolute atomic E-state index is 0.316. The zero-order valence-corrected chi connectivity index (χ0v) is 10.0. The summed E-state index contributed by atoms with van der Waals surface area (Å²) in [5, 5.41) is 1.30. The monoisotopic (exact) mass is 218 g/mol. The van der Waals surface area contributed by atoms with Gasteiger partial charge in [0.25, 0.3) is 0 Å². The third-order valence-electron chi connectivity index (χ3n) is 3.29. The first-order valence-electron chi connectivity index (χ1n) is 5.52. The second-order valence-corrected chi connectivity index (χ2v) is 4.31. The molecule has 1 atom stereocenters. The van der Waals surface area contributed by atoms with Gasteiger partial charge in [0, 0.05) is 29.6 Å². The van der Waals surface area contributed by atoms with Crippen LogP contribution in [-0.2, 0) is 11.9 Å². The molecule has 0 aliphatic rings. The van der Waals surface area contributed by atoms with Gasteiger partial charge in [-0.2, -0.15) is 0 Å². The summed E-state index contributed by atoms with van der Waals surface area (Å²) in [4.78, 5) is 4.76. The van der Waals surface area contributed by atoms with E-state index in [-0.39, 0.29) is 0 Å². The van der Waals surface area contributed by atoms with Crippen molar-refractivity contribution < 1.29 is 4.84 Å². The summed E-state index contributed by atoms with van der Waals surface area (Å²) in [5.74, 6) is 5.48. The van der Waals surface area contributed by atoms with Crippen LogP contribution in [0.1, 0.15) is 24.1 Å². The molecular formula is C13H18N2O. The van der Waals surface area contributed by atoms with Gasteiger partial charge in [0.1, 0.15) is 0 Å². The highest BCUT2D eigenvalue weighted by atomic mass is 16.6. The number of aryl methyl sites for hydroxylation is 1. The van der Waals surface area contributed by atoms with Crippen molar-refractivity contribution in [3.63, 3.8) is 0 Å². The molecule has 3 nitrogen and oxygen atoms in total. The second kappa shape index (κ2) is 4.28. The van der Waals surface area contributed by atoms with E-state index < -0.39 is 0 Å². The largest absolute Gasteiger partial charge is 0.348 e. The Morgan fingerprint density at radius 1 is 1.38 bits per heavy atom. The lowest BCUT2D eigenvalue weighted by molar-refractivity contribution is 0.127. The van der Waals surface area contributed by atoms with E-state index in [0.29, 0.717) is 12.5 Å². The van der Waals surface area contributed by atoms with E-state index in [1.807, 2.05) is 0 Å². The molecule has 2 rings (SSSR count). The van der Waals surface area contributed by atoms with E-state index >= 15 is 0 Å². The molecule has 0 radical (unpaired) electrons. The molecule has 0 saturated carbocycles. The van der Waals surface area contributed by atoms with Crippen LogP contribution in [0.25, 0.3) is 10.9 Å². The number of nitrogens with zero attached hydrogens (tertiary/aromatic N) is 1. The minimum Gasteiger partial charge on any atom is -0.348 e. The van der Waals surface area contributed by atoms with Crippen LogP contribution in [0.15, 0.2) is 24.3 Å². The molecule has 0 fully saturated rings. The van der Waals surface area contributed by atoms with Crippen molar-refractivity contribution in [1.29, 1.82) is 0 Å². The third kappa shape index (κ3) is 1.62. The molecule has 16 heavy (non-hydrogen) atoms. The van der Waals surface area contributed by atoms with Crippen LogP contribution in [0.5, 0.6) is 0 Å². The van der Waals surface area contributed by atoms with Crippen LogP contribution in [0.4, 0.5) is 0 Å². The highest BCUT2D eigenvalue weighted by Gasteiger charge is 2.16. The second-order valence-electron chi connectivity index (χ2n) is 4.31. The number of nitrogens with two attached hydrogens (primary N) is 1. The number of aromatic nitrogens is 1. The van der Waals surface area contributed by atoms with Gasteiger partial charge in [0.05, 0.1) is 6.61 Å². The highest BCUT2D eigenvalue weighted by molar-refractivity contribution is 5.86. The Hall–Kier alpha value is -1.32. The van der Waals surface area contributed by atoms with Crippen molar-refractivity contribution in [3.05, 3.63) is 35.5 Å². The van der Waals surface area contributed by atoms with Crippen LogP contribution in [0.3, 0.4) is 0 Å². The van der Waals surface area contributed by atoms with Crippen molar-refractivity contribution in [2.24, 2.45) is 12.9 Å². The fourth-order valence-electron chi connectivity index (χ4n) is 2.40. The van der Waals surface area contributed by atoms with Crippen molar-refractivity contribution in [2.45, 2.75) is 19.8 Å². The van der Waals surface area contributed by atoms with Crippen molar-refractivity contribution in [1.82, 2.24) is 4.57 Å². The van der Waals surface area contributed by atoms with E-state index in [1.165, 1.54) is 22.2 Å². The number of hydrogen-bond acceptors (Lipinski definition) is 2. The van der Waals surface area contributed by atoms with Gasteiger partial charge in [-0.15, -0.1) is 0 Å². The van der Waals surface area contributed by atoms with E-state index in [2.05, 4.69) is 49.7 Å². The molecule has 1 unspecified atom stereocenters. The van der Waals surface area contributed by atoms with Gasteiger partial charge in [0.2, 0.25) is 0 Å². The zero-order valence-electron chi connectivity index (χ0n) is 10.0. The fraction of sp³-hybridized carbons (Fsp3) is 0.385. The summed E-state index contributed by atoms with van der Waals surface area (Å²) in [7, 11) is 2.09. The maximum atomic E-state index is 5.16. The van der Waals surface area contributed by atoms with Crippen LogP contribution in [0, 0.1) is 6.92 Å². The SMILES string of the molecule is Cc1c(C(C)CON)c2ccccc2n1C. The molecule has 86 valence electrons. The summed E-state index contributed by atoms with van der Waals surface area (Å²) < 4.78 is 2.22. The molecule has 1 aromatic carbocycles. The Kier molecular flexibility index (Phi) is 2.99. The molecule has 0 aliphatic carbocycles. The number of benzene rings is 1. The number of fused-ring (bicyclic) bond motifs is 1. The fourth-order valence-corrected chi connectivity index (χ4v) is 2.40. The summed E-state index contributed by atoms with van der Waals surface area (Å²) >= 11 is 0. The maximum absolute atomic E-state index is 5.16. The average molecular weight is 218 g/mol. The Morgan fingerprint density at radius 3 is 2.75 bits per heavy atom. The summed E-state index contributed by atoms with van der Waals surface area (Å²) in [5.41, 5.74) is 3.88. The van der Waals surface area contributed by atoms with Crippen LogP contribution >= 0.6 is 0 Å². The first-order chi connectivity index (χ1) is 7.66. The molecule has 0 saturated heterocycles. The lowest BCUT2D eigenvalue weighted by Gasteiger charge is -2.10. The number of para-hydroxylation sites is 1. The first kappa shape index (κ1) is 11.2. The molecule has 1 heterocycles. The minimum atomic E-state index is 0.316. The van der Waals surface area contributed by atoms with E-state index in [4.69, 9.17) is 10.7 Å². The lowest BCUT2D eigenvalue weighted by atomic mass is 9.99. The molecule has 0 spiro atoms. The van der Waals surface area contributed by atoms with Crippen LogP contribution < -0.4 is 5.90 Å². The summed E-state index contributed by atoms with van der Waals surface area (Å²) in [6.45, 7) is 4.83. The van der Waals surface area contributed by atoms with E-state index in [0.717, 1.165) is 0 Å². The maximum Gasteiger partial charge on any atom is 0.0746 e. The number of hydrogen-bond donors (Lipinski definition) is 1. The predicted octanol–water partition coefficient (Wildman–Crippen LogP) is 2.48. The zero-order chi connectivity index (χ0) is 11.7. The molecule has 0 aliphatic heterocycles. The van der Waals surface area contributed by atoms with Crippen molar-refractivity contribution in [2.75, 3.05) is 6.61 Å². The van der Waals surface area contributed by atoms with Crippen LogP contribution in [-0.4, -0.2) is 11.2 Å². The lowest BCUT2D eigenvalue weighted by Crippen LogP contribution is -2.09. The molecule has 2 N–H and O–H groups in total. The average Bonchev–Trinajstić information content (AvgIpc) is 2.53. The smallest absolute Gasteiger partial charge is 0.0746 e.